The maximum Gasteiger partial charge on any atom is 0.0651 e. The van der Waals surface area contributed by atoms with Gasteiger partial charge in [0, 0.05) is 17.6 Å². The fourth-order valence-electron chi connectivity index (χ4n) is 2.71. The van der Waals surface area contributed by atoms with E-state index < -0.39 is 0 Å². The molecule has 1 heterocycles. The average molecular weight is 229 g/mol. The first-order valence-electron chi connectivity index (χ1n) is 6.59. The van der Waals surface area contributed by atoms with Crippen LogP contribution >= 0.6 is 0 Å². The van der Waals surface area contributed by atoms with E-state index in [1.165, 1.54) is 43.2 Å². The summed E-state index contributed by atoms with van der Waals surface area (Å²) < 4.78 is 0. The molecule has 0 spiro atoms. The van der Waals surface area contributed by atoms with Crippen molar-refractivity contribution in [1.82, 2.24) is 10.2 Å². The number of anilines is 1. The summed E-state index contributed by atoms with van der Waals surface area (Å²) in [5, 5.41) is 11.7. The topological polar surface area (TPSA) is 40.7 Å². The van der Waals surface area contributed by atoms with E-state index >= 15 is 0 Å². The molecule has 0 bridgehead atoms. The van der Waals surface area contributed by atoms with Crippen molar-refractivity contribution < 1.29 is 0 Å². The molecule has 0 aliphatic heterocycles. The van der Waals surface area contributed by atoms with Crippen molar-refractivity contribution in [2.75, 3.05) is 11.9 Å². The molecule has 1 aliphatic carbocycles. The van der Waals surface area contributed by atoms with Crippen LogP contribution in [0.15, 0.2) is 24.4 Å². The van der Waals surface area contributed by atoms with Gasteiger partial charge in [-0.3, -0.25) is 5.10 Å². The van der Waals surface area contributed by atoms with Crippen LogP contribution in [0, 0.1) is 5.92 Å². The Morgan fingerprint density at radius 3 is 3.00 bits per heavy atom. The fraction of sp³-hybridized carbons (Fsp3) is 0.500. The van der Waals surface area contributed by atoms with E-state index in [9.17, 15) is 0 Å². The van der Waals surface area contributed by atoms with Gasteiger partial charge in [-0.25, -0.2) is 0 Å². The van der Waals surface area contributed by atoms with Crippen molar-refractivity contribution >= 4 is 16.6 Å². The second-order valence-electron chi connectivity index (χ2n) is 5.06. The Kier molecular flexibility index (Phi) is 2.99. The van der Waals surface area contributed by atoms with Gasteiger partial charge in [0.25, 0.3) is 0 Å². The number of H-pyrrole nitrogens is 1. The molecule has 0 unspecified atom stereocenters. The number of hydrogen-bond acceptors (Lipinski definition) is 2. The van der Waals surface area contributed by atoms with Gasteiger partial charge in [-0.15, -0.1) is 0 Å². The molecule has 90 valence electrons. The zero-order chi connectivity index (χ0) is 11.5. The Bertz CT molecular complexity index is 483. The van der Waals surface area contributed by atoms with Crippen LogP contribution in [-0.2, 0) is 0 Å². The number of aromatic nitrogens is 2. The minimum absolute atomic E-state index is 0.865. The molecule has 1 aliphatic rings. The van der Waals surface area contributed by atoms with Crippen molar-refractivity contribution in [2.24, 2.45) is 5.92 Å². The predicted octanol–water partition coefficient (Wildman–Crippen LogP) is 3.56. The molecule has 3 nitrogen and oxygen atoms in total. The van der Waals surface area contributed by atoms with Crippen LogP contribution in [0.3, 0.4) is 0 Å². The summed E-state index contributed by atoms with van der Waals surface area (Å²) in [5.74, 6) is 0.865. The Morgan fingerprint density at radius 2 is 2.12 bits per heavy atom. The van der Waals surface area contributed by atoms with Crippen molar-refractivity contribution in [3.8, 4) is 0 Å². The van der Waals surface area contributed by atoms with Gasteiger partial charge in [-0.05, 0) is 37.0 Å². The Morgan fingerprint density at radius 1 is 1.24 bits per heavy atom. The van der Waals surface area contributed by atoms with E-state index in [0.29, 0.717) is 0 Å². The minimum Gasteiger partial charge on any atom is -0.385 e. The standard InChI is InChI=1S/C14H19N3/c1-2-4-11(5-3-1)9-15-13-6-7-14-12(8-13)10-16-17-14/h6-8,10-11,15H,1-5,9H2,(H,16,17). The third-order valence-corrected chi connectivity index (χ3v) is 3.76. The Balaban J connectivity index is 1.63. The van der Waals surface area contributed by atoms with Gasteiger partial charge < -0.3 is 5.32 Å². The molecule has 3 heteroatoms. The van der Waals surface area contributed by atoms with Gasteiger partial charge in [0.2, 0.25) is 0 Å². The smallest absolute Gasteiger partial charge is 0.0651 e. The molecule has 0 atom stereocenters. The zero-order valence-corrected chi connectivity index (χ0v) is 10.1. The van der Waals surface area contributed by atoms with E-state index in [0.717, 1.165) is 18.0 Å². The molecular formula is C14H19N3. The number of fused-ring (bicyclic) bond motifs is 1. The fourth-order valence-corrected chi connectivity index (χ4v) is 2.71. The van der Waals surface area contributed by atoms with Gasteiger partial charge in [-0.1, -0.05) is 19.3 Å². The Hall–Kier alpha value is -1.51. The van der Waals surface area contributed by atoms with Crippen molar-refractivity contribution in [3.63, 3.8) is 0 Å². The summed E-state index contributed by atoms with van der Waals surface area (Å²) in [6.07, 6.45) is 8.90. The van der Waals surface area contributed by atoms with Crippen LogP contribution in [0.4, 0.5) is 5.69 Å². The number of nitrogens with zero attached hydrogens (tertiary/aromatic N) is 1. The van der Waals surface area contributed by atoms with Crippen LogP contribution in [0.1, 0.15) is 32.1 Å². The summed E-state index contributed by atoms with van der Waals surface area (Å²) in [7, 11) is 0. The SMILES string of the molecule is c1cc2[nH]ncc2cc1NCC1CCCCC1. The van der Waals surface area contributed by atoms with E-state index in [2.05, 4.69) is 33.7 Å². The maximum absolute atomic E-state index is 4.04. The Labute approximate surface area is 102 Å². The minimum atomic E-state index is 0.865. The number of rotatable bonds is 3. The highest BCUT2D eigenvalue weighted by molar-refractivity contribution is 5.81. The van der Waals surface area contributed by atoms with Crippen molar-refractivity contribution in [3.05, 3.63) is 24.4 Å². The first kappa shape index (κ1) is 10.6. The quantitative estimate of drug-likeness (QED) is 0.845. The van der Waals surface area contributed by atoms with Gasteiger partial charge in [0.05, 0.1) is 11.7 Å². The van der Waals surface area contributed by atoms with Gasteiger partial charge in [-0.2, -0.15) is 5.10 Å². The number of nitrogens with one attached hydrogen (secondary N) is 2. The van der Waals surface area contributed by atoms with Crippen LogP contribution in [0.25, 0.3) is 10.9 Å². The van der Waals surface area contributed by atoms with Crippen molar-refractivity contribution in [1.29, 1.82) is 0 Å². The second-order valence-corrected chi connectivity index (χ2v) is 5.06. The highest BCUT2D eigenvalue weighted by Crippen LogP contribution is 2.24. The van der Waals surface area contributed by atoms with Crippen LogP contribution in [0.2, 0.25) is 0 Å². The summed E-state index contributed by atoms with van der Waals surface area (Å²) in [4.78, 5) is 0. The van der Waals surface area contributed by atoms with E-state index in [1.807, 2.05) is 6.20 Å². The van der Waals surface area contributed by atoms with E-state index in [1.54, 1.807) is 0 Å². The lowest BCUT2D eigenvalue weighted by atomic mass is 9.89. The highest BCUT2D eigenvalue weighted by Gasteiger charge is 2.12. The van der Waals surface area contributed by atoms with Crippen LogP contribution < -0.4 is 5.32 Å². The third-order valence-electron chi connectivity index (χ3n) is 3.76. The molecule has 1 aromatic carbocycles. The summed E-state index contributed by atoms with van der Waals surface area (Å²) in [5.41, 5.74) is 2.32. The molecule has 2 aromatic rings. The largest absolute Gasteiger partial charge is 0.385 e. The first-order chi connectivity index (χ1) is 8.42. The molecule has 3 rings (SSSR count). The molecule has 1 fully saturated rings. The second kappa shape index (κ2) is 4.78. The number of aromatic amines is 1. The van der Waals surface area contributed by atoms with Crippen molar-refractivity contribution in [2.45, 2.75) is 32.1 Å². The van der Waals surface area contributed by atoms with Crippen LogP contribution in [0.5, 0.6) is 0 Å². The third kappa shape index (κ3) is 2.43. The number of hydrogen-bond donors (Lipinski definition) is 2. The molecule has 1 aromatic heterocycles. The molecule has 0 amide bonds. The summed E-state index contributed by atoms with van der Waals surface area (Å²) in [6.45, 7) is 1.11. The molecule has 17 heavy (non-hydrogen) atoms. The molecule has 0 radical (unpaired) electrons. The molecule has 1 saturated carbocycles. The van der Waals surface area contributed by atoms with Crippen LogP contribution in [-0.4, -0.2) is 16.7 Å². The summed E-state index contributed by atoms with van der Waals surface area (Å²) in [6, 6.07) is 6.39. The zero-order valence-electron chi connectivity index (χ0n) is 10.1. The van der Waals surface area contributed by atoms with Gasteiger partial charge in [0.1, 0.15) is 0 Å². The normalized spacial score (nSPS) is 17.4. The molecule has 2 N–H and O–H groups in total. The molecule has 0 saturated heterocycles. The van der Waals surface area contributed by atoms with E-state index in [4.69, 9.17) is 0 Å². The average Bonchev–Trinajstić information content (AvgIpc) is 2.85. The van der Waals surface area contributed by atoms with Gasteiger partial charge in [0.15, 0.2) is 0 Å². The lowest BCUT2D eigenvalue weighted by Crippen LogP contribution is -2.16. The maximum atomic E-state index is 4.04. The molecular weight excluding hydrogens is 210 g/mol. The predicted molar refractivity (Wildman–Crippen MR) is 71.2 cm³/mol. The lowest BCUT2D eigenvalue weighted by Gasteiger charge is -2.22. The lowest BCUT2D eigenvalue weighted by molar-refractivity contribution is 0.373. The highest BCUT2D eigenvalue weighted by atomic mass is 15.1. The number of benzene rings is 1. The first-order valence-corrected chi connectivity index (χ1v) is 6.59. The van der Waals surface area contributed by atoms with Gasteiger partial charge >= 0.3 is 0 Å². The van der Waals surface area contributed by atoms with E-state index in [-0.39, 0.29) is 0 Å². The monoisotopic (exact) mass is 229 g/mol. The summed E-state index contributed by atoms with van der Waals surface area (Å²) >= 11 is 0.